The largest absolute Gasteiger partial charge is 0.493 e. The molecule has 1 saturated heterocycles. The van der Waals surface area contributed by atoms with E-state index in [2.05, 4.69) is 40.9 Å². The minimum Gasteiger partial charge on any atom is -0.493 e. The fraction of sp³-hybridized carbons (Fsp3) is 0.423. The summed E-state index contributed by atoms with van der Waals surface area (Å²) in [4.78, 5) is 26.2. The summed E-state index contributed by atoms with van der Waals surface area (Å²) in [6.07, 6.45) is 7.34. The van der Waals surface area contributed by atoms with E-state index in [4.69, 9.17) is 0 Å². The van der Waals surface area contributed by atoms with Gasteiger partial charge in [-0.25, -0.2) is 4.99 Å². The van der Waals surface area contributed by atoms with Crippen molar-refractivity contribution < 1.29 is 9.90 Å². The quantitative estimate of drug-likeness (QED) is 0.680. The molecule has 3 heterocycles. The molecule has 0 aliphatic carbocycles. The van der Waals surface area contributed by atoms with Crippen molar-refractivity contribution in [2.75, 3.05) is 19.6 Å². The van der Waals surface area contributed by atoms with Gasteiger partial charge in [0.15, 0.2) is 0 Å². The van der Waals surface area contributed by atoms with Crippen molar-refractivity contribution in [3.8, 4) is 0 Å². The standard InChI is InChI=1S/C26H32N4O2/c1-3-4-12-24-28-25(31)23(18-30(24)19(2)21-11-8-14-27-16-21)26(32)29-15-13-22(17-29)20-9-6-5-7-10-20/h5-11,14,16,19,22,31H,3-4,12-13,15,17-18H2,1-2H3/t19?,22-/m0/s1. The van der Waals surface area contributed by atoms with Crippen LogP contribution in [0, 0.1) is 0 Å². The number of pyridine rings is 1. The van der Waals surface area contributed by atoms with Crippen molar-refractivity contribution in [3.05, 3.63) is 77.4 Å². The molecule has 0 radical (unpaired) electrons. The van der Waals surface area contributed by atoms with E-state index in [1.807, 2.05) is 41.4 Å². The monoisotopic (exact) mass is 432 g/mol. The highest BCUT2D eigenvalue weighted by Gasteiger charge is 2.34. The molecule has 0 saturated carbocycles. The van der Waals surface area contributed by atoms with E-state index in [-0.39, 0.29) is 17.8 Å². The molecule has 32 heavy (non-hydrogen) atoms. The van der Waals surface area contributed by atoms with Crippen molar-refractivity contribution in [3.63, 3.8) is 0 Å². The van der Waals surface area contributed by atoms with Crippen molar-refractivity contribution >= 4 is 11.7 Å². The maximum Gasteiger partial charge on any atom is 0.257 e. The average molecular weight is 433 g/mol. The first-order chi connectivity index (χ1) is 15.6. The first kappa shape index (κ1) is 22.1. The SMILES string of the molecule is CCCCC1=NC(O)=C(C(=O)N2CC[C@H](c3ccccc3)C2)CN1C(C)c1cccnc1. The predicted molar refractivity (Wildman–Crippen MR) is 126 cm³/mol. The van der Waals surface area contributed by atoms with E-state index in [0.717, 1.165) is 37.1 Å². The third-order valence-electron chi connectivity index (χ3n) is 6.56. The van der Waals surface area contributed by atoms with Gasteiger partial charge in [0.05, 0.1) is 18.2 Å². The Kier molecular flexibility index (Phi) is 6.88. The molecular formula is C26H32N4O2. The fourth-order valence-electron chi connectivity index (χ4n) is 4.58. The maximum atomic E-state index is 13.4. The number of aliphatic imine (C=N–C) groups is 1. The van der Waals surface area contributed by atoms with Gasteiger partial charge in [-0.15, -0.1) is 0 Å². The van der Waals surface area contributed by atoms with Crippen molar-refractivity contribution in [1.29, 1.82) is 0 Å². The number of carbonyl (C=O) groups excluding carboxylic acids is 1. The first-order valence-corrected chi connectivity index (χ1v) is 11.6. The third kappa shape index (κ3) is 4.69. The number of rotatable bonds is 7. The highest BCUT2D eigenvalue weighted by atomic mass is 16.3. The van der Waals surface area contributed by atoms with Gasteiger partial charge in [0.2, 0.25) is 5.88 Å². The average Bonchev–Trinajstić information content (AvgIpc) is 3.33. The summed E-state index contributed by atoms with van der Waals surface area (Å²) < 4.78 is 0. The Morgan fingerprint density at radius 3 is 2.75 bits per heavy atom. The minimum atomic E-state index is -0.126. The van der Waals surface area contributed by atoms with Gasteiger partial charge in [0, 0.05) is 37.8 Å². The van der Waals surface area contributed by atoms with Crippen LogP contribution in [0.25, 0.3) is 0 Å². The second-order valence-corrected chi connectivity index (χ2v) is 8.67. The Labute approximate surface area is 190 Å². The molecule has 2 atom stereocenters. The second-order valence-electron chi connectivity index (χ2n) is 8.67. The van der Waals surface area contributed by atoms with E-state index < -0.39 is 0 Å². The molecule has 1 fully saturated rings. The lowest BCUT2D eigenvalue weighted by Gasteiger charge is -2.36. The van der Waals surface area contributed by atoms with Crippen LogP contribution in [-0.4, -0.2) is 51.3 Å². The maximum absolute atomic E-state index is 13.4. The Hall–Kier alpha value is -3.15. The van der Waals surface area contributed by atoms with Gasteiger partial charge in [-0.2, -0.15) is 0 Å². The summed E-state index contributed by atoms with van der Waals surface area (Å²) >= 11 is 0. The molecule has 1 amide bonds. The topological polar surface area (TPSA) is 69.0 Å². The van der Waals surface area contributed by atoms with Gasteiger partial charge in [0.1, 0.15) is 5.84 Å². The highest BCUT2D eigenvalue weighted by Crippen LogP contribution is 2.31. The number of aliphatic hydroxyl groups excluding tert-OH is 1. The summed E-state index contributed by atoms with van der Waals surface area (Å²) in [5.41, 5.74) is 2.71. The molecule has 168 valence electrons. The number of unbranched alkanes of at least 4 members (excludes halogenated alkanes) is 1. The molecule has 6 heteroatoms. The molecule has 2 aromatic rings. The lowest BCUT2D eigenvalue weighted by atomic mass is 9.99. The summed E-state index contributed by atoms with van der Waals surface area (Å²) in [5, 5.41) is 10.7. The Bertz CT molecular complexity index is 987. The number of amidine groups is 1. The summed E-state index contributed by atoms with van der Waals surface area (Å²) in [6, 6.07) is 14.3. The smallest absolute Gasteiger partial charge is 0.257 e. The van der Waals surface area contributed by atoms with Crippen LogP contribution in [0.15, 0.2) is 71.3 Å². The van der Waals surface area contributed by atoms with Crippen LogP contribution in [-0.2, 0) is 4.79 Å². The van der Waals surface area contributed by atoms with Gasteiger partial charge >= 0.3 is 0 Å². The fourth-order valence-corrected chi connectivity index (χ4v) is 4.58. The number of benzene rings is 1. The zero-order valence-corrected chi connectivity index (χ0v) is 18.9. The molecule has 2 aliphatic rings. The predicted octanol–water partition coefficient (Wildman–Crippen LogP) is 4.83. The summed E-state index contributed by atoms with van der Waals surface area (Å²) in [6.45, 7) is 5.96. The minimum absolute atomic E-state index is 0.00542. The zero-order valence-electron chi connectivity index (χ0n) is 18.9. The van der Waals surface area contributed by atoms with E-state index in [1.54, 1.807) is 6.20 Å². The van der Waals surface area contributed by atoms with Crippen LogP contribution < -0.4 is 0 Å². The molecule has 1 unspecified atom stereocenters. The molecule has 0 bridgehead atoms. The van der Waals surface area contributed by atoms with Crippen LogP contribution in [0.1, 0.15) is 62.6 Å². The van der Waals surface area contributed by atoms with Crippen molar-refractivity contribution in [1.82, 2.24) is 14.8 Å². The normalized spacial score (nSPS) is 19.8. The van der Waals surface area contributed by atoms with Crippen molar-refractivity contribution in [2.24, 2.45) is 4.99 Å². The number of amides is 1. The van der Waals surface area contributed by atoms with Gasteiger partial charge in [0.25, 0.3) is 5.91 Å². The van der Waals surface area contributed by atoms with Gasteiger partial charge in [-0.1, -0.05) is 49.7 Å². The summed E-state index contributed by atoms with van der Waals surface area (Å²) in [5.74, 6) is 0.933. The van der Waals surface area contributed by atoms with Crippen LogP contribution in [0.2, 0.25) is 0 Å². The van der Waals surface area contributed by atoms with E-state index in [0.29, 0.717) is 31.1 Å². The van der Waals surface area contributed by atoms with Gasteiger partial charge in [-0.3, -0.25) is 9.78 Å². The van der Waals surface area contributed by atoms with Crippen LogP contribution >= 0.6 is 0 Å². The number of nitrogens with zero attached hydrogens (tertiary/aromatic N) is 4. The second kappa shape index (κ2) is 9.98. The van der Waals surface area contributed by atoms with Gasteiger partial charge in [-0.05, 0) is 37.0 Å². The molecule has 4 rings (SSSR count). The number of carbonyl (C=O) groups is 1. The number of hydrogen-bond donors (Lipinski definition) is 1. The molecule has 2 aliphatic heterocycles. The highest BCUT2D eigenvalue weighted by molar-refractivity contribution is 5.97. The van der Waals surface area contributed by atoms with E-state index >= 15 is 0 Å². The lowest BCUT2D eigenvalue weighted by Crippen LogP contribution is -2.42. The molecule has 6 nitrogen and oxygen atoms in total. The molecular weight excluding hydrogens is 400 g/mol. The Balaban J connectivity index is 1.55. The van der Waals surface area contributed by atoms with Crippen LogP contribution in [0.3, 0.4) is 0 Å². The lowest BCUT2D eigenvalue weighted by molar-refractivity contribution is -0.126. The number of aromatic nitrogens is 1. The van der Waals surface area contributed by atoms with E-state index in [1.165, 1.54) is 5.56 Å². The first-order valence-electron chi connectivity index (χ1n) is 11.6. The molecule has 0 spiro atoms. The van der Waals surface area contributed by atoms with E-state index in [9.17, 15) is 9.90 Å². The number of aliphatic hydroxyl groups is 1. The van der Waals surface area contributed by atoms with Crippen LogP contribution in [0.5, 0.6) is 0 Å². The third-order valence-corrected chi connectivity index (χ3v) is 6.56. The van der Waals surface area contributed by atoms with Gasteiger partial charge < -0.3 is 14.9 Å². The Morgan fingerprint density at radius 2 is 2.03 bits per heavy atom. The van der Waals surface area contributed by atoms with Crippen LogP contribution in [0.4, 0.5) is 0 Å². The number of hydrogen-bond acceptors (Lipinski definition) is 5. The van der Waals surface area contributed by atoms with Crippen molar-refractivity contribution in [2.45, 2.75) is 51.5 Å². The number of likely N-dealkylation sites (tertiary alicyclic amines) is 1. The molecule has 1 aromatic heterocycles. The zero-order chi connectivity index (χ0) is 22.5. The Morgan fingerprint density at radius 1 is 1.22 bits per heavy atom. The molecule has 1 N–H and O–H groups in total. The summed E-state index contributed by atoms with van der Waals surface area (Å²) in [7, 11) is 0. The molecule has 1 aromatic carbocycles.